The fourth-order valence-electron chi connectivity index (χ4n) is 2.93. The van der Waals surface area contributed by atoms with Gasteiger partial charge in [0, 0.05) is 29.9 Å². The molecule has 1 N–H and O–H groups in total. The van der Waals surface area contributed by atoms with E-state index in [0.29, 0.717) is 24.4 Å². The van der Waals surface area contributed by atoms with E-state index in [4.69, 9.17) is 0 Å². The number of hydrogen-bond donors (Lipinski definition) is 1. The Balaban J connectivity index is 1.77. The summed E-state index contributed by atoms with van der Waals surface area (Å²) in [6, 6.07) is 5.02. The Kier molecular flexibility index (Phi) is 6.71. The first kappa shape index (κ1) is 16.5. The maximum Gasteiger partial charge on any atom is 0.222 e. The van der Waals surface area contributed by atoms with E-state index in [1.54, 1.807) is 11.3 Å². The van der Waals surface area contributed by atoms with E-state index in [1.165, 1.54) is 24.1 Å². The molecule has 1 amide bonds. The van der Waals surface area contributed by atoms with E-state index in [2.05, 4.69) is 41.6 Å². The fraction of sp³-hybridized carbons (Fsp3) is 0.706. The Bertz CT molecular complexity index is 410. The quantitative estimate of drug-likeness (QED) is 0.837. The predicted molar refractivity (Wildman–Crippen MR) is 89.7 cm³/mol. The number of carbonyl (C=O) groups is 1. The highest BCUT2D eigenvalue weighted by atomic mass is 32.1. The summed E-state index contributed by atoms with van der Waals surface area (Å²) in [5, 5.41) is 5.65. The van der Waals surface area contributed by atoms with Crippen molar-refractivity contribution in [2.24, 2.45) is 0 Å². The average molecular weight is 308 g/mol. The molecule has 1 unspecified atom stereocenters. The second-order valence-corrected chi connectivity index (χ2v) is 7.25. The molecule has 2 rings (SSSR count). The molecular formula is C17H28N2OS. The summed E-state index contributed by atoms with van der Waals surface area (Å²) in [6.07, 6.45) is 6.41. The van der Waals surface area contributed by atoms with Gasteiger partial charge < -0.3 is 10.2 Å². The molecule has 0 bridgehead atoms. The molecule has 2 heterocycles. The van der Waals surface area contributed by atoms with Crippen molar-refractivity contribution in [2.45, 2.75) is 64.5 Å². The van der Waals surface area contributed by atoms with Gasteiger partial charge in [0.05, 0.1) is 0 Å². The molecule has 1 aliphatic rings. The van der Waals surface area contributed by atoms with Crippen molar-refractivity contribution in [2.75, 3.05) is 13.1 Å². The summed E-state index contributed by atoms with van der Waals surface area (Å²) < 4.78 is 0. The van der Waals surface area contributed by atoms with Crippen LogP contribution in [0.2, 0.25) is 0 Å². The summed E-state index contributed by atoms with van der Waals surface area (Å²) >= 11 is 1.78. The monoisotopic (exact) mass is 308 g/mol. The molecule has 4 heteroatoms. The molecule has 1 saturated heterocycles. The number of nitrogens with one attached hydrogen (secondary N) is 1. The molecule has 0 radical (unpaired) electrons. The van der Waals surface area contributed by atoms with Crippen molar-refractivity contribution < 1.29 is 4.79 Å². The van der Waals surface area contributed by atoms with Gasteiger partial charge in [-0.25, -0.2) is 0 Å². The third kappa shape index (κ3) is 5.44. The number of nitrogens with zero attached hydrogens (tertiary/aromatic N) is 1. The number of rotatable bonds is 7. The first-order chi connectivity index (χ1) is 10.2. The van der Waals surface area contributed by atoms with Gasteiger partial charge in [-0.05, 0) is 57.5 Å². The summed E-state index contributed by atoms with van der Waals surface area (Å²) in [5.41, 5.74) is 0. The van der Waals surface area contributed by atoms with Crippen LogP contribution in [-0.2, 0) is 11.2 Å². The van der Waals surface area contributed by atoms with Gasteiger partial charge in [0.1, 0.15) is 0 Å². The Labute approximate surface area is 132 Å². The molecule has 1 fully saturated rings. The lowest BCUT2D eigenvalue weighted by Crippen LogP contribution is -2.48. The second-order valence-electron chi connectivity index (χ2n) is 6.22. The smallest absolute Gasteiger partial charge is 0.222 e. The molecule has 0 aliphatic carbocycles. The average Bonchev–Trinajstić information content (AvgIpc) is 2.98. The van der Waals surface area contributed by atoms with Gasteiger partial charge in [0.2, 0.25) is 5.91 Å². The summed E-state index contributed by atoms with van der Waals surface area (Å²) in [4.78, 5) is 15.9. The number of amides is 1. The summed E-state index contributed by atoms with van der Waals surface area (Å²) in [5.74, 6) is 0.314. The maximum absolute atomic E-state index is 12.5. The minimum atomic E-state index is 0.294. The van der Waals surface area contributed by atoms with E-state index in [9.17, 15) is 4.79 Å². The standard InChI is InChI=1S/C17H28N2OS/c1-14(2)19(13-15-7-3-4-11-18-15)17(20)10-5-8-16-9-6-12-21-16/h6,9,12,14-15,18H,3-5,7-8,10-11,13H2,1-2H3. The predicted octanol–water partition coefficient (Wildman–Crippen LogP) is 3.45. The second kappa shape index (κ2) is 8.54. The summed E-state index contributed by atoms with van der Waals surface area (Å²) in [6.45, 7) is 6.22. The number of carbonyl (C=O) groups excluding carboxylic acids is 1. The van der Waals surface area contributed by atoms with Crippen molar-refractivity contribution in [3.63, 3.8) is 0 Å². The van der Waals surface area contributed by atoms with Gasteiger partial charge >= 0.3 is 0 Å². The minimum absolute atomic E-state index is 0.294. The van der Waals surface area contributed by atoms with Crippen molar-refractivity contribution >= 4 is 17.2 Å². The van der Waals surface area contributed by atoms with Gasteiger partial charge in [-0.15, -0.1) is 11.3 Å². The van der Waals surface area contributed by atoms with Crippen LogP contribution in [0.1, 0.15) is 50.8 Å². The molecule has 0 aromatic carbocycles. The van der Waals surface area contributed by atoms with Crippen molar-refractivity contribution in [3.05, 3.63) is 22.4 Å². The highest BCUT2D eigenvalue weighted by Crippen LogP contribution is 2.15. The van der Waals surface area contributed by atoms with Gasteiger partial charge in [-0.2, -0.15) is 0 Å². The number of aryl methyl sites for hydroxylation is 1. The Hall–Kier alpha value is -0.870. The molecule has 1 aromatic heterocycles. The number of thiophene rings is 1. The minimum Gasteiger partial charge on any atom is -0.339 e. The summed E-state index contributed by atoms with van der Waals surface area (Å²) in [7, 11) is 0. The molecule has 0 saturated carbocycles. The van der Waals surface area contributed by atoms with Crippen LogP contribution in [0.3, 0.4) is 0 Å². The highest BCUT2D eigenvalue weighted by molar-refractivity contribution is 7.09. The van der Waals surface area contributed by atoms with E-state index < -0.39 is 0 Å². The molecule has 1 atom stereocenters. The van der Waals surface area contributed by atoms with Crippen LogP contribution in [0.25, 0.3) is 0 Å². The normalized spacial score (nSPS) is 18.9. The molecule has 3 nitrogen and oxygen atoms in total. The van der Waals surface area contributed by atoms with Crippen molar-refractivity contribution in [3.8, 4) is 0 Å². The zero-order chi connectivity index (χ0) is 15.1. The maximum atomic E-state index is 12.5. The van der Waals surface area contributed by atoms with Gasteiger partial charge in [-0.1, -0.05) is 12.5 Å². The zero-order valence-electron chi connectivity index (χ0n) is 13.3. The van der Waals surface area contributed by atoms with Crippen molar-refractivity contribution in [1.82, 2.24) is 10.2 Å². The van der Waals surface area contributed by atoms with Crippen LogP contribution in [0, 0.1) is 0 Å². The lowest BCUT2D eigenvalue weighted by molar-refractivity contribution is -0.133. The van der Waals surface area contributed by atoms with E-state index in [-0.39, 0.29) is 0 Å². The Morgan fingerprint density at radius 2 is 2.33 bits per heavy atom. The highest BCUT2D eigenvalue weighted by Gasteiger charge is 2.22. The van der Waals surface area contributed by atoms with Crippen LogP contribution in [-0.4, -0.2) is 36.0 Å². The van der Waals surface area contributed by atoms with E-state index in [0.717, 1.165) is 25.9 Å². The van der Waals surface area contributed by atoms with Crippen molar-refractivity contribution in [1.29, 1.82) is 0 Å². The molecular weight excluding hydrogens is 280 g/mol. The Morgan fingerprint density at radius 3 is 2.95 bits per heavy atom. The third-order valence-corrected chi connectivity index (χ3v) is 5.10. The van der Waals surface area contributed by atoms with Crippen LogP contribution in [0.15, 0.2) is 17.5 Å². The molecule has 21 heavy (non-hydrogen) atoms. The lowest BCUT2D eigenvalue weighted by atomic mass is 10.0. The first-order valence-electron chi connectivity index (χ1n) is 8.22. The fourth-order valence-corrected chi connectivity index (χ4v) is 3.68. The lowest BCUT2D eigenvalue weighted by Gasteiger charge is -2.33. The number of hydrogen-bond acceptors (Lipinski definition) is 3. The molecule has 1 aromatic rings. The molecule has 0 spiro atoms. The largest absolute Gasteiger partial charge is 0.339 e. The molecule has 1 aliphatic heterocycles. The number of piperidine rings is 1. The first-order valence-corrected chi connectivity index (χ1v) is 9.10. The van der Waals surface area contributed by atoms with E-state index >= 15 is 0 Å². The topological polar surface area (TPSA) is 32.3 Å². The molecule has 118 valence electrons. The van der Waals surface area contributed by atoms with Gasteiger partial charge in [0.25, 0.3) is 0 Å². The van der Waals surface area contributed by atoms with Crippen LogP contribution in [0.4, 0.5) is 0 Å². The Morgan fingerprint density at radius 1 is 1.48 bits per heavy atom. The SMILES string of the molecule is CC(C)N(CC1CCCCN1)C(=O)CCCc1cccs1. The van der Waals surface area contributed by atoms with E-state index in [1.807, 2.05) is 0 Å². The van der Waals surface area contributed by atoms with Gasteiger partial charge in [-0.3, -0.25) is 4.79 Å². The van der Waals surface area contributed by atoms with Gasteiger partial charge in [0.15, 0.2) is 0 Å². The zero-order valence-corrected chi connectivity index (χ0v) is 14.1. The van der Waals surface area contributed by atoms with Crippen LogP contribution < -0.4 is 5.32 Å². The van der Waals surface area contributed by atoms with Crippen LogP contribution in [0.5, 0.6) is 0 Å². The van der Waals surface area contributed by atoms with Crippen LogP contribution >= 0.6 is 11.3 Å². The third-order valence-electron chi connectivity index (χ3n) is 4.17.